The maximum atomic E-state index is 3.96. The van der Waals surface area contributed by atoms with Crippen LogP contribution in [0.15, 0.2) is 115 Å². The molecule has 2 N–H and O–H groups in total. The Kier molecular flexibility index (Phi) is 7.15. The highest BCUT2D eigenvalue weighted by atomic mass is 15.0. The van der Waals surface area contributed by atoms with E-state index >= 15 is 0 Å². The maximum absolute atomic E-state index is 3.96. The van der Waals surface area contributed by atoms with Crippen molar-refractivity contribution >= 4 is 5.69 Å². The van der Waals surface area contributed by atoms with Gasteiger partial charge in [-0.05, 0) is 42.2 Å². The summed E-state index contributed by atoms with van der Waals surface area (Å²) in [4.78, 5) is 0. The number of hydrogen-bond donors (Lipinski definition) is 2. The summed E-state index contributed by atoms with van der Waals surface area (Å²) in [6.45, 7) is 2.95. The molecule has 0 aliphatic carbocycles. The van der Waals surface area contributed by atoms with Gasteiger partial charge >= 0.3 is 0 Å². The van der Waals surface area contributed by atoms with Crippen LogP contribution in [0.25, 0.3) is 0 Å². The molecular weight excluding hydrogens is 376 g/mol. The van der Waals surface area contributed by atoms with E-state index in [9.17, 15) is 0 Å². The van der Waals surface area contributed by atoms with Crippen molar-refractivity contribution in [3.63, 3.8) is 0 Å². The molecule has 0 saturated heterocycles. The van der Waals surface area contributed by atoms with E-state index in [0.29, 0.717) is 0 Å². The molecule has 0 heterocycles. The van der Waals surface area contributed by atoms with Crippen LogP contribution < -0.4 is 10.6 Å². The minimum Gasteiger partial charge on any atom is -0.383 e. The van der Waals surface area contributed by atoms with Crippen LogP contribution in [0, 0.1) is 6.92 Å². The van der Waals surface area contributed by atoms with Crippen LogP contribution in [0.5, 0.6) is 0 Å². The van der Waals surface area contributed by atoms with Crippen molar-refractivity contribution in [2.75, 3.05) is 11.9 Å². The zero-order valence-electron chi connectivity index (χ0n) is 18.0. The fraction of sp³-hybridized carbons (Fsp3) is 0.172. The Hall–Kier alpha value is -3.36. The van der Waals surface area contributed by atoms with Crippen LogP contribution >= 0.6 is 0 Å². The van der Waals surface area contributed by atoms with Crippen LogP contribution in [0.4, 0.5) is 5.69 Å². The Morgan fingerprint density at radius 1 is 0.581 bits per heavy atom. The zero-order valence-corrected chi connectivity index (χ0v) is 18.0. The Morgan fingerprint density at radius 3 is 1.68 bits per heavy atom. The van der Waals surface area contributed by atoms with Crippen molar-refractivity contribution < 1.29 is 0 Å². The fourth-order valence-electron chi connectivity index (χ4n) is 3.90. The standard InChI is InChI=1S/C29H30N2/c1-23-17-19-24(20-18-23)21-28(25-11-5-2-6-12-25)31-29(26-13-7-3-8-14-26)22-30-27-15-9-4-10-16-27/h2-20,28-31H,21-22H2,1H3. The van der Waals surface area contributed by atoms with E-state index < -0.39 is 0 Å². The number of aryl methyl sites for hydroxylation is 1. The van der Waals surface area contributed by atoms with Crippen LogP contribution in [0.3, 0.4) is 0 Å². The lowest BCUT2D eigenvalue weighted by molar-refractivity contribution is 0.453. The molecule has 31 heavy (non-hydrogen) atoms. The van der Waals surface area contributed by atoms with Gasteiger partial charge in [-0.3, -0.25) is 0 Å². The smallest absolute Gasteiger partial charge is 0.0500 e. The van der Waals surface area contributed by atoms with Crippen LogP contribution in [0.1, 0.15) is 34.3 Å². The highest BCUT2D eigenvalue weighted by molar-refractivity contribution is 5.43. The summed E-state index contributed by atoms with van der Waals surface area (Å²) in [5, 5.41) is 7.57. The summed E-state index contributed by atoms with van der Waals surface area (Å²) in [6, 6.07) is 41.2. The number of hydrogen-bond acceptors (Lipinski definition) is 2. The normalized spacial score (nSPS) is 12.8. The largest absolute Gasteiger partial charge is 0.383 e. The monoisotopic (exact) mass is 406 g/mol. The van der Waals surface area contributed by atoms with Crippen molar-refractivity contribution in [3.8, 4) is 0 Å². The van der Waals surface area contributed by atoms with Gasteiger partial charge in [-0.1, -0.05) is 109 Å². The van der Waals surface area contributed by atoms with Gasteiger partial charge in [-0.25, -0.2) is 0 Å². The molecule has 0 radical (unpaired) electrons. The third kappa shape index (κ3) is 6.07. The van der Waals surface area contributed by atoms with Gasteiger partial charge in [-0.2, -0.15) is 0 Å². The van der Waals surface area contributed by atoms with Gasteiger partial charge in [0.15, 0.2) is 0 Å². The van der Waals surface area contributed by atoms with Gasteiger partial charge in [-0.15, -0.1) is 0 Å². The van der Waals surface area contributed by atoms with Gasteiger partial charge in [0.2, 0.25) is 0 Å². The summed E-state index contributed by atoms with van der Waals surface area (Å²) in [5.41, 5.74) is 6.37. The summed E-state index contributed by atoms with van der Waals surface area (Å²) in [6.07, 6.45) is 0.943. The van der Waals surface area contributed by atoms with E-state index in [2.05, 4.69) is 127 Å². The molecule has 0 saturated carbocycles. The predicted octanol–water partition coefficient (Wildman–Crippen LogP) is 6.72. The van der Waals surface area contributed by atoms with E-state index in [0.717, 1.165) is 18.7 Å². The first-order valence-corrected chi connectivity index (χ1v) is 11.0. The molecule has 2 unspecified atom stereocenters. The minimum atomic E-state index is 0.178. The van der Waals surface area contributed by atoms with E-state index in [1.807, 2.05) is 6.07 Å². The second kappa shape index (κ2) is 10.6. The first-order chi connectivity index (χ1) is 15.3. The molecule has 0 aliphatic heterocycles. The molecule has 0 spiro atoms. The van der Waals surface area contributed by atoms with E-state index in [-0.39, 0.29) is 12.1 Å². The Labute approximate surface area is 186 Å². The highest BCUT2D eigenvalue weighted by Crippen LogP contribution is 2.24. The van der Waals surface area contributed by atoms with Crippen LogP contribution in [-0.4, -0.2) is 6.54 Å². The summed E-state index contributed by atoms with van der Waals surface area (Å²) in [7, 11) is 0. The molecule has 2 heteroatoms. The highest BCUT2D eigenvalue weighted by Gasteiger charge is 2.19. The number of para-hydroxylation sites is 1. The Morgan fingerprint density at radius 2 is 1.10 bits per heavy atom. The molecule has 2 atom stereocenters. The second-order valence-corrected chi connectivity index (χ2v) is 8.03. The van der Waals surface area contributed by atoms with Crippen LogP contribution in [0.2, 0.25) is 0 Å². The molecule has 4 aromatic carbocycles. The molecule has 4 rings (SSSR count). The summed E-state index contributed by atoms with van der Waals surface area (Å²) < 4.78 is 0. The lowest BCUT2D eigenvalue weighted by Gasteiger charge is -2.28. The second-order valence-electron chi connectivity index (χ2n) is 8.03. The lowest BCUT2D eigenvalue weighted by atomic mass is 9.96. The van der Waals surface area contributed by atoms with Crippen LogP contribution in [-0.2, 0) is 6.42 Å². The number of nitrogens with one attached hydrogen (secondary N) is 2. The minimum absolute atomic E-state index is 0.178. The molecule has 2 nitrogen and oxygen atoms in total. The third-order valence-electron chi connectivity index (χ3n) is 5.65. The van der Waals surface area contributed by atoms with E-state index in [1.165, 1.54) is 22.3 Å². The zero-order chi connectivity index (χ0) is 21.3. The topological polar surface area (TPSA) is 24.1 Å². The van der Waals surface area contributed by atoms with Gasteiger partial charge in [0.25, 0.3) is 0 Å². The average molecular weight is 407 g/mol. The molecule has 0 fully saturated rings. The lowest BCUT2D eigenvalue weighted by Crippen LogP contribution is -2.32. The van der Waals surface area contributed by atoms with Gasteiger partial charge < -0.3 is 10.6 Å². The van der Waals surface area contributed by atoms with Crippen molar-refractivity contribution in [2.45, 2.75) is 25.4 Å². The van der Waals surface area contributed by atoms with Gasteiger partial charge in [0.1, 0.15) is 0 Å². The van der Waals surface area contributed by atoms with Crippen molar-refractivity contribution in [3.05, 3.63) is 138 Å². The average Bonchev–Trinajstić information content (AvgIpc) is 2.84. The van der Waals surface area contributed by atoms with Gasteiger partial charge in [0.05, 0.1) is 6.04 Å². The SMILES string of the molecule is Cc1ccc(CC(NC(CNc2ccccc2)c2ccccc2)c2ccccc2)cc1. The number of anilines is 1. The molecule has 0 bridgehead atoms. The molecule has 0 aliphatic rings. The first kappa shape index (κ1) is 20.9. The number of rotatable bonds is 9. The van der Waals surface area contributed by atoms with E-state index in [1.54, 1.807) is 0 Å². The molecular formula is C29H30N2. The first-order valence-electron chi connectivity index (χ1n) is 11.0. The predicted molar refractivity (Wildman–Crippen MR) is 131 cm³/mol. The molecule has 4 aromatic rings. The quantitative estimate of drug-likeness (QED) is 0.322. The third-order valence-corrected chi connectivity index (χ3v) is 5.65. The fourth-order valence-corrected chi connectivity index (χ4v) is 3.90. The summed E-state index contributed by atoms with van der Waals surface area (Å²) in [5.74, 6) is 0. The molecule has 0 amide bonds. The molecule has 0 aromatic heterocycles. The maximum Gasteiger partial charge on any atom is 0.0500 e. The van der Waals surface area contributed by atoms with Crippen molar-refractivity contribution in [1.82, 2.24) is 5.32 Å². The van der Waals surface area contributed by atoms with Crippen molar-refractivity contribution in [2.24, 2.45) is 0 Å². The Balaban J connectivity index is 1.58. The number of benzene rings is 4. The van der Waals surface area contributed by atoms with E-state index in [4.69, 9.17) is 0 Å². The Bertz CT molecular complexity index is 1030. The molecule has 156 valence electrons. The summed E-state index contributed by atoms with van der Waals surface area (Å²) >= 11 is 0. The van der Waals surface area contributed by atoms with Crippen molar-refractivity contribution in [1.29, 1.82) is 0 Å². The van der Waals surface area contributed by atoms with Gasteiger partial charge in [0, 0.05) is 18.3 Å².